The van der Waals surface area contributed by atoms with E-state index in [-0.39, 0.29) is 29.6 Å². The minimum atomic E-state index is -4.22. The molecule has 6 nitrogen and oxygen atoms in total. The minimum absolute atomic E-state index is 0.0841. The van der Waals surface area contributed by atoms with E-state index in [4.69, 9.17) is 11.6 Å². The first-order valence-electron chi connectivity index (χ1n) is 12.6. The Morgan fingerprint density at radius 3 is 2.41 bits per heavy atom. The largest absolute Gasteiger partial charge is 0.401 e. The molecule has 0 bridgehead atoms. The van der Waals surface area contributed by atoms with Crippen molar-refractivity contribution in [3.8, 4) is 0 Å². The molecule has 0 saturated heterocycles. The number of rotatable bonds is 8. The van der Waals surface area contributed by atoms with E-state index in [1.807, 2.05) is 19.9 Å². The van der Waals surface area contributed by atoms with Gasteiger partial charge >= 0.3 is 6.18 Å². The maximum Gasteiger partial charge on any atom is 0.401 e. The molecule has 1 fully saturated rings. The van der Waals surface area contributed by atoms with Gasteiger partial charge in [-0.1, -0.05) is 18.5 Å². The predicted molar refractivity (Wildman–Crippen MR) is 141 cm³/mol. The summed E-state index contributed by atoms with van der Waals surface area (Å²) >= 11 is 6.40. The number of hydrogen-bond donors (Lipinski definition) is 3. The van der Waals surface area contributed by atoms with E-state index in [1.54, 1.807) is 19.1 Å². The monoisotopic (exact) mass is 540 g/mol. The number of anilines is 1. The fourth-order valence-corrected chi connectivity index (χ4v) is 5.49. The Balaban J connectivity index is 1.74. The zero-order chi connectivity index (χ0) is 27.5. The zero-order valence-corrected chi connectivity index (χ0v) is 22.8. The molecule has 0 radical (unpaired) electrons. The van der Waals surface area contributed by atoms with Crippen LogP contribution in [-0.2, 0) is 6.54 Å². The third kappa shape index (κ3) is 7.29. The van der Waals surface area contributed by atoms with Gasteiger partial charge in [0.15, 0.2) is 0 Å². The molecule has 0 atom stereocenters. The van der Waals surface area contributed by atoms with Gasteiger partial charge < -0.3 is 15.6 Å². The molecule has 10 heteroatoms. The number of H-pyrrole nitrogens is 1. The molecule has 1 aromatic heterocycles. The summed E-state index contributed by atoms with van der Waals surface area (Å²) < 4.78 is 38.5. The Bertz CT molecular complexity index is 1190. The molecule has 1 aromatic carbocycles. The standard InChI is InChI=1S/C27H36ClF3N4O2/c1-6-26(9-7-20(8-10-26)35(5)15-27(29,30)31)34-23-13-19(28)12-21(18(23)4)24(36)32-14-22-16(2)11-17(3)33-25(22)37/h11-13,20,34H,6-10,14-15H2,1-5H3,(H,32,36)(H,33,37). The normalized spacial score (nSPS) is 20.2. The van der Waals surface area contributed by atoms with Gasteiger partial charge in [0.1, 0.15) is 0 Å². The second-order valence-electron chi connectivity index (χ2n) is 10.3. The zero-order valence-electron chi connectivity index (χ0n) is 22.0. The van der Waals surface area contributed by atoms with E-state index in [9.17, 15) is 22.8 Å². The van der Waals surface area contributed by atoms with Crippen LogP contribution in [0, 0.1) is 20.8 Å². The fourth-order valence-electron chi connectivity index (χ4n) is 5.27. The summed E-state index contributed by atoms with van der Waals surface area (Å²) in [6.07, 6.45) is -0.729. The number of aryl methyl sites for hydroxylation is 2. The van der Waals surface area contributed by atoms with Crippen molar-refractivity contribution in [2.24, 2.45) is 0 Å². The molecule has 1 saturated carbocycles. The number of amides is 1. The van der Waals surface area contributed by atoms with Crippen molar-refractivity contribution in [2.45, 2.75) is 84.1 Å². The van der Waals surface area contributed by atoms with Crippen molar-refractivity contribution >= 4 is 23.2 Å². The van der Waals surface area contributed by atoms with Crippen molar-refractivity contribution in [3.05, 3.63) is 61.5 Å². The molecule has 3 N–H and O–H groups in total. The molecule has 0 aliphatic heterocycles. The van der Waals surface area contributed by atoms with Crippen LogP contribution >= 0.6 is 11.6 Å². The Morgan fingerprint density at radius 2 is 1.84 bits per heavy atom. The second-order valence-corrected chi connectivity index (χ2v) is 10.7. The van der Waals surface area contributed by atoms with Gasteiger partial charge in [0, 0.05) is 45.7 Å². The highest BCUT2D eigenvalue weighted by molar-refractivity contribution is 6.31. The predicted octanol–water partition coefficient (Wildman–Crippen LogP) is 5.88. The summed E-state index contributed by atoms with van der Waals surface area (Å²) in [5.41, 5.74) is 3.37. The van der Waals surface area contributed by atoms with Crippen LogP contribution < -0.4 is 16.2 Å². The van der Waals surface area contributed by atoms with E-state index in [0.29, 0.717) is 41.8 Å². The van der Waals surface area contributed by atoms with Crippen LogP contribution in [0.3, 0.4) is 0 Å². The molecule has 0 spiro atoms. The quantitative estimate of drug-likeness (QED) is 0.391. The SMILES string of the molecule is CCC1(Nc2cc(Cl)cc(C(=O)NCc3c(C)cc(C)[nH]c3=O)c2C)CCC(N(C)CC(F)(F)F)CC1. The average Bonchev–Trinajstić information content (AvgIpc) is 2.79. The Kier molecular flexibility index (Phi) is 9.01. The van der Waals surface area contributed by atoms with Crippen LogP contribution in [0.2, 0.25) is 5.02 Å². The molecule has 1 heterocycles. The van der Waals surface area contributed by atoms with Crippen molar-refractivity contribution in [1.29, 1.82) is 0 Å². The van der Waals surface area contributed by atoms with Crippen LogP contribution in [0.25, 0.3) is 0 Å². The van der Waals surface area contributed by atoms with Crippen LogP contribution in [-0.4, -0.2) is 47.1 Å². The number of halogens is 4. The Morgan fingerprint density at radius 1 is 1.19 bits per heavy atom. The van der Waals surface area contributed by atoms with Gasteiger partial charge in [-0.2, -0.15) is 13.2 Å². The van der Waals surface area contributed by atoms with Gasteiger partial charge in [-0.25, -0.2) is 0 Å². The topological polar surface area (TPSA) is 77.2 Å². The molecule has 37 heavy (non-hydrogen) atoms. The van der Waals surface area contributed by atoms with Crippen LogP contribution in [0.15, 0.2) is 23.0 Å². The smallest absolute Gasteiger partial charge is 0.379 e. The highest BCUT2D eigenvalue weighted by atomic mass is 35.5. The van der Waals surface area contributed by atoms with Crippen molar-refractivity contribution < 1.29 is 18.0 Å². The molecule has 0 unspecified atom stereocenters. The van der Waals surface area contributed by atoms with Gasteiger partial charge in [0.25, 0.3) is 11.5 Å². The highest BCUT2D eigenvalue weighted by Crippen LogP contribution is 2.38. The van der Waals surface area contributed by atoms with Crippen molar-refractivity contribution in [2.75, 3.05) is 18.9 Å². The molecular weight excluding hydrogens is 505 g/mol. The molecular formula is C27H36ClF3N4O2. The maximum absolute atomic E-state index is 13.1. The maximum atomic E-state index is 13.1. The number of aromatic amines is 1. The number of benzene rings is 1. The summed E-state index contributed by atoms with van der Waals surface area (Å²) in [5, 5.41) is 6.82. The molecule has 3 rings (SSSR count). The van der Waals surface area contributed by atoms with E-state index >= 15 is 0 Å². The summed E-state index contributed by atoms with van der Waals surface area (Å²) in [7, 11) is 1.53. The Hall–Kier alpha value is -2.52. The lowest BCUT2D eigenvalue weighted by Gasteiger charge is -2.44. The summed E-state index contributed by atoms with van der Waals surface area (Å²) in [4.78, 5) is 29.6. The molecule has 1 aliphatic carbocycles. The third-order valence-corrected chi connectivity index (χ3v) is 7.80. The summed E-state index contributed by atoms with van der Waals surface area (Å²) in [6, 6.07) is 5.11. The van der Waals surface area contributed by atoms with Crippen molar-refractivity contribution in [1.82, 2.24) is 15.2 Å². The number of nitrogens with zero attached hydrogens (tertiary/aromatic N) is 1. The number of carbonyl (C=O) groups is 1. The first-order valence-corrected chi connectivity index (χ1v) is 12.9. The lowest BCUT2D eigenvalue weighted by atomic mass is 9.77. The summed E-state index contributed by atoms with van der Waals surface area (Å²) in [5.74, 6) is -0.342. The number of alkyl halides is 3. The highest BCUT2D eigenvalue weighted by Gasteiger charge is 2.38. The lowest BCUT2D eigenvalue weighted by molar-refractivity contribution is -0.148. The van der Waals surface area contributed by atoms with Gasteiger partial charge in [-0.05, 0) is 89.2 Å². The van der Waals surface area contributed by atoms with E-state index in [2.05, 4.69) is 22.5 Å². The number of hydrogen-bond acceptors (Lipinski definition) is 4. The second kappa shape index (κ2) is 11.5. The number of aromatic nitrogens is 1. The molecule has 1 aliphatic rings. The number of carbonyl (C=O) groups excluding carboxylic acids is 1. The number of nitrogens with one attached hydrogen (secondary N) is 3. The molecule has 1 amide bonds. The van der Waals surface area contributed by atoms with Gasteiger partial charge in [-0.3, -0.25) is 14.5 Å². The fraction of sp³-hybridized carbons (Fsp3) is 0.556. The summed E-state index contributed by atoms with van der Waals surface area (Å²) in [6.45, 7) is 6.70. The van der Waals surface area contributed by atoms with Gasteiger partial charge in [-0.15, -0.1) is 0 Å². The van der Waals surface area contributed by atoms with E-state index in [0.717, 1.165) is 28.9 Å². The van der Waals surface area contributed by atoms with Crippen LogP contribution in [0.4, 0.5) is 18.9 Å². The van der Waals surface area contributed by atoms with E-state index < -0.39 is 12.7 Å². The first kappa shape index (κ1) is 29.0. The van der Waals surface area contributed by atoms with Gasteiger partial charge in [0.2, 0.25) is 0 Å². The Labute approximate surface area is 221 Å². The van der Waals surface area contributed by atoms with Crippen LogP contribution in [0.5, 0.6) is 0 Å². The van der Waals surface area contributed by atoms with Gasteiger partial charge in [0.05, 0.1) is 6.54 Å². The molecule has 204 valence electrons. The first-order chi connectivity index (χ1) is 17.2. The lowest BCUT2D eigenvalue weighted by Crippen LogP contribution is -2.48. The molecule has 2 aromatic rings. The van der Waals surface area contributed by atoms with E-state index in [1.165, 1.54) is 11.9 Å². The van der Waals surface area contributed by atoms with Crippen molar-refractivity contribution in [3.63, 3.8) is 0 Å². The number of pyridine rings is 1. The van der Waals surface area contributed by atoms with Crippen LogP contribution in [0.1, 0.15) is 71.8 Å². The average molecular weight is 541 g/mol. The minimum Gasteiger partial charge on any atom is -0.379 e. The third-order valence-electron chi connectivity index (χ3n) is 7.58.